The van der Waals surface area contributed by atoms with E-state index in [1.807, 2.05) is 12.2 Å². The number of carbonyl (C=O) groups is 3. The van der Waals surface area contributed by atoms with Gasteiger partial charge in [0.2, 0.25) is 11.8 Å². The summed E-state index contributed by atoms with van der Waals surface area (Å²) in [7, 11) is 0. The van der Waals surface area contributed by atoms with Crippen molar-refractivity contribution in [2.75, 3.05) is 18.4 Å². The molecule has 4 rings (SSSR count). The van der Waals surface area contributed by atoms with Gasteiger partial charge in [-0.2, -0.15) is 0 Å². The molecule has 0 spiro atoms. The van der Waals surface area contributed by atoms with Crippen molar-refractivity contribution in [3.8, 4) is 0 Å². The number of likely N-dealkylation sites (tertiary alicyclic amines) is 2. The van der Waals surface area contributed by atoms with Crippen LogP contribution in [0.3, 0.4) is 0 Å². The molecule has 2 unspecified atom stereocenters. The first-order chi connectivity index (χ1) is 12.0. The van der Waals surface area contributed by atoms with Crippen LogP contribution >= 0.6 is 0 Å². The maximum atomic E-state index is 12.9. The highest BCUT2D eigenvalue weighted by atomic mass is 19.1. The number of allylic oxidation sites excluding steroid dienone is 2. The predicted octanol–water partition coefficient (Wildman–Crippen LogP) is 1.99. The fraction of sp³-hybridized carbons (Fsp3) is 0.389. The third-order valence-corrected chi connectivity index (χ3v) is 5.15. The number of amides is 4. The van der Waals surface area contributed by atoms with Crippen LogP contribution in [-0.2, 0) is 9.59 Å². The van der Waals surface area contributed by atoms with Crippen molar-refractivity contribution in [3.05, 3.63) is 42.2 Å². The first-order valence-corrected chi connectivity index (χ1v) is 8.38. The summed E-state index contributed by atoms with van der Waals surface area (Å²) in [5.74, 6) is -1.06. The third-order valence-electron chi connectivity index (χ3n) is 5.15. The van der Waals surface area contributed by atoms with E-state index in [9.17, 15) is 18.8 Å². The zero-order valence-electron chi connectivity index (χ0n) is 13.5. The van der Waals surface area contributed by atoms with Crippen LogP contribution in [0.2, 0.25) is 0 Å². The molecule has 2 saturated heterocycles. The number of nitrogens with one attached hydrogen (secondary N) is 1. The number of urea groups is 1. The normalized spacial score (nSPS) is 25.8. The Morgan fingerprint density at radius 2 is 1.56 bits per heavy atom. The number of hydrogen-bond donors (Lipinski definition) is 1. The molecule has 1 aromatic rings. The summed E-state index contributed by atoms with van der Waals surface area (Å²) in [6.45, 7) is 0.661. The summed E-state index contributed by atoms with van der Waals surface area (Å²) in [5, 5.41) is 2.68. The Labute approximate surface area is 144 Å². The van der Waals surface area contributed by atoms with E-state index in [0.717, 1.165) is 0 Å². The lowest BCUT2D eigenvalue weighted by molar-refractivity contribution is -0.145. The summed E-state index contributed by atoms with van der Waals surface area (Å²) in [5.41, 5.74) is 0.500. The minimum atomic E-state index is -0.371. The van der Waals surface area contributed by atoms with Gasteiger partial charge in [0.25, 0.3) is 0 Å². The van der Waals surface area contributed by atoms with Gasteiger partial charge in [0, 0.05) is 18.8 Å². The fourth-order valence-electron chi connectivity index (χ4n) is 3.71. The second kappa shape index (κ2) is 5.98. The van der Waals surface area contributed by atoms with E-state index in [2.05, 4.69) is 5.32 Å². The minimum Gasteiger partial charge on any atom is -0.320 e. The Kier molecular flexibility index (Phi) is 3.78. The largest absolute Gasteiger partial charge is 0.321 e. The zero-order chi connectivity index (χ0) is 17.6. The Balaban J connectivity index is 1.35. The van der Waals surface area contributed by atoms with Gasteiger partial charge in [-0.25, -0.2) is 9.18 Å². The van der Waals surface area contributed by atoms with Crippen molar-refractivity contribution in [2.45, 2.75) is 18.9 Å². The van der Waals surface area contributed by atoms with Crippen LogP contribution in [0, 0.1) is 17.7 Å². The first-order valence-electron chi connectivity index (χ1n) is 8.38. The summed E-state index contributed by atoms with van der Waals surface area (Å²) >= 11 is 0. The quantitative estimate of drug-likeness (QED) is 0.659. The van der Waals surface area contributed by atoms with Crippen molar-refractivity contribution >= 4 is 23.5 Å². The van der Waals surface area contributed by atoms with E-state index in [4.69, 9.17) is 0 Å². The maximum Gasteiger partial charge on any atom is 0.321 e. The molecule has 2 aliphatic heterocycles. The minimum absolute atomic E-state index is 0.108. The molecule has 1 aliphatic carbocycles. The molecule has 2 heterocycles. The molecule has 7 heteroatoms. The van der Waals surface area contributed by atoms with Crippen LogP contribution in [0.1, 0.15) is 12.8 Å². The predicted molar refractivity (Wildman–Crippen MR) is 88.0 cm³/mol. The van der Waals surface area contributed by atoms with Gasteiger partial charge in [-0.05, 0) is 37.1 Å². The summed E-state index contributed by atoms with van der Waals surface area (Å²) in [4.78, 5) is 40.1. The SMILES string of the molecule is O=C(Nc1ccc(F)cc1)N1CC(N2C(=O)C3CC=CCC3C2=O)C1. The monoisotopic (exact) mass is 343 g/mol. The highest BCUT2D eigenvalue weighted by Crippen LogP contribution is 2.37. The van der Waals surface area contributed by atoms with Gasteiger partial charge in [0.15, 0.2) is 0 Å². The van der Waals surface area contributed by atoms with Crippen LogP contribution in [0.4, 0.5) is 14.9 Å². The molecule has 0 aromatic heterocycles. The van der Waals surface area contributed by atoms with Gasteiger partial charge in [0.05, 0.1) is 17.9 Å². The highest BCUT2D eigenvalue weighted by Gasteiger charge is 2.52. The molecule has 0 bridgehead atoms. The number of rotatable bonds is 2. The van der Waals surface area contributed by atoms with E-state index in [0.29, 0.717) is 31.6 Å². The number of imide groups is 1. The summed E-state index contributed by atoms with van der Waals surface area (Å²) in [6.07, 6.45) is 5.15. The van der Waals surface area contributed by atoms with Gasteiger partial charge in [-0.3, -0.25) is 14.5 Å². The molecule has 6 nitrogen and oxygen atoms in total. The summed E-state index contributed by atoms with van der Waals surface area (Å²) < 4.78 is 12.9. The van der Waals surface area contributed by atoms with Crippen LogP contribution in [-0.4, -0.2) is 46.8 Å². The van der Waals surface area contributed by atoms with Gasteiger partial charge in [0.1, 0.15) is 5.82 Å². The number of halogens is 1. The number of fused-ring (bicyclic) bond motifs is 1. The van der Waals surface area contributed by atoms with Crippen LogP contribution in [0.5, 0.6) is 0 Å². The summed E-state index contributed by atoms with van der Waals surface area (Å²) in [6, 6.07) is 4.94. The van der Waals surface area contributed by atoms with E-state index in [1.54, 1.807) is 0 Å². The van der Waals surface area contributed by atoms with E-state index in [1.165, 1.54) is 34.1 Å². The van der Waals surface area contributed by atoms with Crippen molar-refractivity contribution < 1.29 is 18.8 Å². The fourth-order valence-corrected chi connectivity index (χ4v) is 3.71. The highest BCUT2D eigenvalue weighted by molar-refractivity contribution is 6.06. The molecule has 1 N–H and O–H groups in total. The van der Waals surface area contributed by atoms with Gasteiger partial charge in [-0.15, -0.1) is 0 Å². The van der Waals surface area contributed by atoms with Gasteiger partial charge < -0.3 is 10.2 Å². The molecule has 0 saturated carbocycles. The van der Waals surface area contributed by atoms with Crippen LogP contribution < -0.4 is 5.32 Å². The van der Waals surface area contributed by atoms with E-state index >= 15 is 0 Å². The number of anilines is 1. The molecule has 0 radical (unpaired) electrons. The van der Waals surface area contributed by atoms with Crippen molar-refractivity contribution in [2.24, 2.45) is 11.8 Å². The number of carbonyl (C=O) groups excluding carboxylic acids is 3. The molecular formula is C18H18FN3O3. The van der Waals surface area contributed by atoms with Crippen LogP contribution in [0.15, 0.2) is 36.4 Å². The lowest BCUT2D eigenvalue weighted by Gasteiger charge is -2.43. The Hall–Kier alpha value is -2.70. The second-order valence-corrected chi connectivity index (χ2v) is 6.70. The van der Waals surface area contributed by atoms with Gasteiger partial charge in [-0.1, -0.05) is 12.2 Å². The number of benzene rings is 1. The number of hydrogen-bond acceptors (Lipinski definition) is 3. The molecule has 4 amide bonds. The molecule has 130 valence electrons. The van der Waals surface area contributed by atoms with Gasteiger partial charge >= 0.3 is 6.03 Å². The average Bonchev–Trinajstić information content (AvgIpc) is 2.81. The lowest BCUT2D eigenvalue weighted by atomic mass is 9.85. The lowest BCUT2D eigenvalue weighted by Crippen LogP contribution is -2.63. The molecule has 2 fully saturated rings. The Morgan fingerprint density at radius 1 is 1.00 bits per heavy atom. The molecule has 2 atom stereocenters. The second-order valence-electron chi connectivity index (χ2n) is 6.70. The molecule has 3 aliphatic rings. The number of nitrogens with zero attached hydrogens (tertiary/aromatic N) is 2. The van der Waals surface area contributed by atoms with Crippen molar-refractivity contribution in [1.82, 2.24) is 9.80 Å². The smallest absolute Gasteiger partial charge is 0.320 e. The Bertz CT molecular complexity index is 729. The molecule has 1 aromatic carbocycles. The van der Waals surface area contributed by atoms with Crippen molar-refractivity contribution in [3.63, 3.8) is 0 Å². The van der Waals surface area contributed by atoms with Crippen LogP contribution in [0.25, 0.3) is 0 Å². The average molecular weight is 343 g/mol. The molecular weight excluding hydrogens is 325 g/mol. The topological polar surface area (TPSA) is 69.7 Å². The van der Waals surface area contributed by atoms with E-state index < -0.39 is 0 Å². The maximum absolute atomic E-state index is 12.9. The zero-order valence-corrected chi connectivity index (χ0v) is 13.5. The standard InChI is InChI=1S/C18H18FN3O3/c19-11-5-7-12(8-6-11)20-18(25)21-9-13(10-21)22-16(23)14-3-1-2-4-15(14)17(22)24/h1-2,5-8,13-15H,3-4,9-10H2,(H,20,25). The third kappa shape index (κ3) is 2.69. The Morgan fingerprint density at radius 3 is 2.12 bits per heavy atom. The van der Waals surface area contributed by atoms with E-state index in [-0.39, 0.29) is 41.5 Å². The first kappa shape index (κ1) is 15.8. The molecule has 25 heavy (non-hydrogen) atoms. The van der Waals surface area contributed by atoms with Crippen molar-refractivity contribution in [1.29, 1.82) is 0 Å².